The lowest BCUT2D eigenvalue weighted by Crippen LogP contribution is -1.95. The van der Waals surface area contributed by atoms with E-state index in [4.69, 9.17) is 5.41 Å². The van der Waals surface area contributed by atoms with Gasteiger partial charge in [-0.25, -0.2) is 18.2 Å². The van der Waals surface area contributed by atoms with E-state index in [2.05, 4.69) is 4.98 Å². The lowest BCUT2D eigenvalue weighted by molar-refractivity contribution is 0.449. The van der Waals surface area contributed by atoms with E-state index in [1.807, 2.05) is 0 Å². The van der Waals surface area contributed by atoms with Gasteiger partial charge in [-0.05, 0) is 23.6 Å². The summed E-state index contributed by atoms with van der Waals surface area (Å²) in [6.07, 6.45) is 0.934. The van der Waals surface area contributed by atoms with Crippen molar-refractivity contribution >= 4 is 28.7 Å². The Kier molecular flexibility index (Phi) is 4.44. The molecular formula is C17H11F3N2OS. The van der Waals surface area contributed by atoms with Gasteiger partial charge in [0.2, 0.25) is 5.88 Å². The van der Waals surface area contributed by atoms with Crippen LogP contribution in [0.2, 0.25) is 0 Å². The fourth-order valence-corrected chi connectivity index (χ4v) is 3.31. The molecule has 3 rings (SSSR count). The minimum Gasteiger partial charge on any atom is -0.493 e. The van der Waals surface area contributed by atoms with Crippen molar-refractivity contribution in [3.8, 4) is 5.88 Å². The summed E-state index contributed by atoms with van der Waals surface area (Å²) in [5, 5.41) is 18.4. The summed E-state index contributed by atoms with van der Waals surface area (Å²) in [4.78, 5) is 3.96. The van der Waals surface area contributed by atoms with Crippen molar-refractivity contribution in [3.63, 3.8) is 0 Å². The number of aromatic nitrogens is 1. The van der Waals surface area contributed by atoms with Gasteiger partial charge in [-0.3, -0.25) is 0 Å². The molecule has 0 aliphatic heterocycles. The van der Waals surface area contributed by atoms with Crippen LogP contribution < -0.4 is 0 Å². The Bertz CT molecular complexity index is 947. The molecule has 7 heteroatoms. The Morgan fingerprint density at radius 3 is 2.67 bits per heavy atom. The smallest absolute Gasteiger partial charge is 0.221 e. The third-order valence-corrected chi connectivity index (χ3v) is 4.53. The molecule has 1 heterocycles. The predicted molar refractivity (Wildman–Crippen MR) is 87.2 cm³/mol. The second-order valence-electron chi connectivity index (χ2n) is 4.99. The number of hydrogen-bond acceptors (Lipinski definition) is 4. The third-order valence-electron chi connectivity index (χ3n) is 3.49. The van der Waals surface area contributed by atoms with Crippen LogP contribution in [0.4, 0.5) is 13.2 Å². The molecule has 2 aromatic carbocycles. The van der Waals surface area contributed by atoms with Crippen LogP contribution in [0, 0.1) is 22.9 Å². The van der Waals surface area contributed by atoms with E-state index < -0.39 is 17.5 Å². The summed E-state index contributed by atoms with van der Waals surface area (Å²) in [6.45, 7) is 0. The zero-order valence-electron chi connectivity index (χ0n) is 12.2. The van der Waals surface area contributed by atoms with Crippen molar-refractivity contribution in [3.05, 3.63) is 65.0 Å². The van der Waals surface area contributed by atoms with Gasteiger partial charge in [0.15, 0.2) is 11.6 Å². The van der Waals surface area contributed by atoms with E-state index in [9.17, 15) is 18.3 Å². The van der Waals surface area contributed by atoms with E-state index in [0.29, 0.717) is 10.8 Å². The second-order valence-corrected chi connectivity index (χ2v) is 5.95. The number of halogens is 3. The molecule has 1 aromatic heterocycles. The number of rotatable bonds is 4. The minimum atomic E-state index is -0.945. The summed E-state index contributed by atoms with van der Waals surface area (Å²) in [5.41, 5.74) is 0.313. The Hall–Kier alpha value is -2.54. The zero-order chi connectivity index (χ0) is 17.3. The SMILES string of the molecule is N=Cc1c(O)nc(SCc2cccc(F)c2F)c2cc(F)ccc12. The van der Waals surface area contributed by atoms with Crippen LogP contribution in [0.25, 0.3) is 10.8 Å². The number of hydrogen-bond donors (Lipinski definition) is 2. The van der Waals surface area contributed by atoms with Crippen LogP contribution >= 0.6 is 11.8 Å². The average molecular weight is 348 g/mol. The quantitative estimate of drug-likeness (QED) is 0.533. The monoisotopic (exact) mass is 348 g/mol. The molecule has 0 radical (unpaired) electrons. The second kappa shape index (κ2) is 6.52. The zero-order valence-corrected chi connectivity index (χ0v) is 13.0. The highest BCUT2D eigenvalue weighted by Crippen LogP contribution is 2.34. The lowest BCUT2D eigenvalue weighted by atomic mass is 10.1. The van der Waals surface area contributed by atoms with Crippen LogP contribution in [0.15, 0.2) is 41.4 Å². The molecule has 2 N–H and O–H groups in total. The minimum absolute atomic E-state index is 0.0611. The average Bonchev–Trinajstić information content (AvgIpc) is 2.56. The molecule has 0 amide bonds. The maximum absolute atomic E-state index is 13.7. The summed E-state index contributed by atoms with van der Waals surface area (Å²) < 4.78 is 40.6. The molecule has 3 nitrogen and oxygen atoms in total. The predicted octanol–water partition coefficient (Wildman–Crippen LogP) is 4.65. The summed E-state index contributed by atoms with van der Waals surface area (Å²) in [7, 11) is 0. The first-order chi connectivity index (χ1) is 11.5. The molecule has 3 aromatic rings. The number of thioether (sulfide) groups is 1. The van der Waals surface area contributed by atoms with Gasteiger partial charge < -0.3 is 10.5 Å². The molecule has 0 aliphatic carbocycles. The molecule has 0 atom stereocenters. The summed E-state index contributed by atoms with van der Waals surface area (Å²) >= 11 is 1.05. The van der Waals surface area contributed by atoms with E-state index in [1.54, 1.807) is 0 Å². The Morgan fingerprint density at radius 1 is 1.12 bits per heavy atom. The van der Waals surface area contributed by atoms with E-state index in [-0.39, 0.29) is 27.8 Å². The van der Waals surface area contributed by atoms with Crippen molar-refractivity contribution in [1.82, 2.24) is 4.98 Å². The molecule has 0 spiro atoms. The first-order valence-electron chi connectivity index (χ1n) is 6.89. The highest BCUT2D eigenvalue weighted by molar-refractivity contribution is 7.98. The van der Waals surface area contributed by atoms with Gasteiger partial charge in [-0.15, -0.1) is 11.8 Å². The number of nitrogens with one attached hydrogen (secondary N) is 1. The van der Waals surface area contributed by atoms with Crippen LogP contribution in [-0.2, 0) is 5.75 Å². The molecule has 122 valence electrons. The lowest BCUT2D eigenvalue weighted by Gasteiger charge is -2.10. The first kappa shape index (κ1) is 16.3. The van der Waals surface area contributed by atoms with Crippen molar-refractivity contribution in [2.45, 2.75) is 10.8 Å². The van der Waals surface area contributed by atoms with Crippen LogP contribution in [-0.4, -0.2) is 16.3 Å². The molecule has 0 saturated carbocycles. The van der Waals surface area contributed by atoms with Gasteiger partial charge in [0.25, 0.3) is 0 Å². The Balaban J connectivity index is 2.04. The molecular weight excluding hydrogens is 337 g/mol. The number of pyridine rings is 1. The van der Waals surface area contributed by atoms with Crippen LogP contribution in [0.5, 0.6) is 5.88 Å². The van der Waals surface area contributed by atoms with Gasteiger partial charge in [0.1, 0.15) is 10.8 Å². The van der Waals surface area contributed by atoms with Crippen molar-refractivity contribution < 1.29 is 18.3 Å². The number of nitrogens with zero attached hydrogens (tertiary/aromatic N) is 1. The highest BCUT2D eigenvalue weighted by atomic mass is 32.2. The van der Waals surface area contributed by atoms with Crippen LogP contribution in [0.1, 0.15) is 11.1 Å². The van der Waals surface area contributed by atoms with Crippen molar-refractivity contribution in [2.24, 2.45) is 0 Å². The third kappa shape index (κ3) is 2.94. The summed E-state index contributed by atoms with van der Waals surface area (Å²) in [6, 6.07) is 7.76. The van der Waals surface area contributed by atoms with Crippen molar-refractivity contribution in [1.29, 1.82) is 5.41 Å². The Morgan fingerprint density at radius 2 is 1.92 bits per heavy atom. The Labute approximate surface area is 139 Å². The maximum Gasteiger partial charge on any atom is 0.221 e. The molecule has 0 unspecified atom stereocenters. The standard InChI is InChI=1S/C17H11F3N2OS/c18-10-4-5-11-12(6-10)17(22-16(23)13(11)7-21)24-8-9-2-1-3-14(19)15(9)20/h1-7,21H,8H2,(H,22,23). The van der Waals surface area contributed by atoms with Crippen molar-refractivity contribution in [2.75, 3.05) is 0 Å². The largest absolute Gasteiger partial charge is 0.493 e. The molecule has 0 saturated heterocycles. The first-order valence-corrected chi connectivity index (χ1v) is 7.88. The normalized spacial score (nSPS) is 11.0. The van der Waals surface area contributed by atoms with Crippen LogP contribution in [0.3, 0.4) is 0 Å². The van der Waals surface area contributed by atoms with Gasteiger partial charge in [0, 0.05) is 22.9 Å². The molecule has 0 fully saturated rings. The molecule has 0 bridgehead atoms. The molecule has 24 heavy (non-hydrogen) atoms. The number of benzene rings is 2. The fraction of sp³-hybridized carbons (Fsp3) is 0.0588. The van der Waals surface area contributed by atoms with Gasteiger partial charge in [0.05, 0.1) is 5.56 Å². The van der Waals surface area contributed by atoms with E-state index in [1.165, 1.54) is 30.3 Å². The maximum atomic E-state index is 13.7. The highest BCUT2D eigenvalue weighted by Gasteiger charge is 2.15. The summed E-state index contributed by atoms with van der Waals surface area (Å²) in [5.74, 6) is -2.69. The van der Waals surface area contributed by atoms with E-state index >= 15 is 0 Å². The van der Waals surface area contributed by atoms with Gasteiger partial charge in [-0.1, -0.05) is 18.2 Å². The topological polar surface area (TPSA) is 57.0 Å². The van der Waals surface area contributed by atoms with Gasteiger partial charge in [-0.2, -0.15) is 0 Å². The fourth-order valence-electron chi connectivity index (χ4n) is 2.32. The number of aromatic hydroxyl groups is 1. The number of fused-ring (bicyclic) bond motifs is 1. The van der Waals surface area contributed by atoms with Gasteiger partial charge >= 0.3 is 0 Å². The van der Waals surface area contributed by atoms with E-state index in [0.717, 1.165) is 24.0 Å². The molecule has 0 aliphatic rings.